The number of ether oxygens (including phenoxy) is 1. The first-order valence-electron chi connectivity index (χ1n) is 9.30. The van der Waals surface area contributed by atoms with Crippen molar-refractivity contribution in [1.82, 2.24) is 0 Å². The molecule has 0 radical (unpaired) electrons. The molecule has 0 saturated heterocycles. The zero-order valence-electron chi connectivity index (χ0n) is 14.9. The van der Waals surface area contributed by atoms with E-state index in [-0.39, 0.29) is 11.5 Å². The SMILES string of the molecule is COc1ccc2c(c1)C[C@@H](C)[C@@H]1[C@@H]2CC[C@]2(C)[C@H](O)[C@@H](C)C[C@H]12. The van der Waals surface area contributed by atoms with Gasteiger partial charge >= 0.3 is 0 Å². The van der Waals surface area contributed by atoms with Crippen LogP contribution in [0.2, 0.25) is 0 Å². The van der Waals surface area contributed by atoms with Crippen LogP contribution in [0.4, 0.5) is 0 Å². The van der Waals surface area contributed by atoms with E-state index in [1.54, 1.807) is 12.7 Å². The van der Waals surface area contributed by atoms with Crippen LogP contribution in [0.25, 0.3) is 0 Å². The van der Waals surface area contributed by atoms with E-state index in [0.717, 1.165) is 18.1 Å². The number of hydrogen-bond donors (Lipinski definition) is 1. The Labute approximate surface area is 140 Å². The van der Waals surface area contributed by atoms with Crippen molar-refractivity contribution in [3.8, 4) is 5.75 Å². The lowest BCUT2D eigenvalue weighted by Crippen LogP contribution is -2.46. The van der Waals surface area contributed by atoms with Crippen molar-refractivity contribution < 1.29 is 9.84 Å². The first-order chi connectivity index (χ1) is 11.0. The van der Waals surface area contributed by atoms with E-state index in [1.807, 2.05) is 0 Å². The van der Waals surface area contributed by atoms with E-state index >= 15 is 0 Å². The van der Waals surface area contributed by atoms with Gasteiger partial charge in [0.2, 0.25) is 0 Å². The summed E-state index contributed by atoms with van der Waals surface area (Å²) in [5.74, 6) is 4.22. The lowest BCUT2D eigenvalue weighted by molar-refractivity contribution is -0.0421. The second-order valence-corrected chi connectivity index (χ2v) is 8.74. The van der Waals surface area contributed by atoms with Gasteiger partial charge in [0.1, 0.15) is 5.75 Å². The number of methoxy groups -OCH3 is 1. The van der Waals surface area contributed by atoms with Crippen molar-refractivity contribution in [1.29, 1.82) is 0 Å². The largest absolute Gasteiger partial charge is 0.497 e. The summed E-state index contributed by atoms with van der Waals surface area (Å²) in [4.78, 5) is 0. The quantitative estimate of drug-likeness (QED) is 0.832. The van der Waals surface area contributed by atoms with Crippen LogP contribution in [0.3, 0.4) is 0 Å². The average Bonchev–Trinajstić information content (AvgIpc) is 2.77. The van der Waals surface area contributed by atoms with Crippen LogP contribution in [-0.4, -0.2) is 18.3 Å². The highest BCUT2D eigenvalue weighted by Gasteiger charge is 2.58. The van der Waals surface area contributed by atoms with Gasteiger partial charge in [-0.2, -0.15) is 0 Å². The monoisotopic (exact) mass is 314 g/mol. The number of rotatable bonds is 1. The van der Waals surface area contributed by atoms with Crippen molar-refractivity contribution in [3.05, 3.63) is 29.3 Å². The van der Waals surface area contributed by atoms with E-state index in [1.165, 1.54) is 24.8 Å². The van der Waals surface area contributed by atoms with Gasteiger partial charge in [-0.25, -0.2) is 0 Å². The summed E-state index contributed by atoms with van der Waals surface area (Å²) in [6.45, 7) is 7.04. The minimum Gasteiger partial charge on any atom is -0.497 e. The number of fused-ring (bicyclic) bond motifs is 5. The summed E-state index contributed by atoms with van der Waals surface area (Å²) < 4.78 is 5.43. The third kappa shape index (κ3) is 2.10. The molecule has 2 fully saturated rings. The molecule has 0 aromatic heterocycles. The van der Waals surface area contributed by atoms with Crippen molar-refractivity contribution in [3.63, 3.8) is 0 Å². The molecular weight excluding hydrogens is 284 g/mol. The maximum absolute atomic E-state index is 10.8. The first-order valence-corrected chi connectivity index (χ1v) is 9.30. The van der Waals surface area contributed by atoms with E-state index in [9.17, 15) is 5.11 Å². The molecular formula is C21H30O2. The molecule has 2 nitrogen and oxygen atoms in total. The second kappa shape index (κ2) is 5.24. The summed E-state index contributed by atoms with van der Waals surface area (Å²) in [6, 6.07) is 6.70. The predicted molar refractivity (Wildman–Crippen MR) is 92.7 cm³/mol. The highest BCUT2D eigenvalue weighted by molar-refractivity contribution is 5.41. The van der Waals surface area contributed by atoms with Crippen molar-refractivity contribution >= 4 is 0 Å². The van der Waals surface area contributed by atoms with Crippen molar-refractivity contribution in [2.24, 2.45) is 29.1 Å². The molecule has 7 atom stereocenters. The van der Waals surface area contributed by atoms with Gasteiger partial charge < -0.3 is 9.84 Å². The zero-order chi connectivity index (χ0) is 16.4. The third-order valence-corrected chi connectivity index (χ3v) is 7.56. The summed E-state index contributed by atoms with van der Waals surface area (Å²) in [7, 11) is 1.75. The number of aliphatic hydroxyl groups excluding tert-OH is 1. The second-order valence-electron chi connectivity index (χ2n) is 8.74. The molecule has 1 aromatic carbocycles. The highest BCUT2D eigenvalue weighted by atomic mass is 16.5. The Bertz CT molecular complexity index is 610. The molecule has 1 N–H and O–H groups in total. The van der Waals surface area contributed by atoms with E-state index in [2.05, 4.69) is 39.0 Å². The van der Waals surface area contributed by atoms with E-state index in [4.69, 9.17) is 4.74 Å². The molecule has 1 aromatic rings. The molecule has 23 heavy (non-hydrogen) atoms. The maximum atomic E-state index is 10.8. The third-order valence-electron chi connectivity index (χ3n) is 7.56. The Morgan fingerprint density at radius 3 is 2.74 bits per heavy atom. The molecule has 0 unspecified atom stereocenters. The van der Waals surface area contributed by atoms with Crippen LogP contribution in [0.1, 0.15) is 57.1 Å². The van der Waals surface area contributed by atoms with Crippen molar-refractivity contribution in [2.45, 2.75) is 58.5 Å². The van der Waals surface area contributed by atoms with Gasteiger partial charge in [0, 0.05) is 0 Å². The van der Waals surface area contributed by atoms with E-state index < -0.39 is 0 Å². The Hall–Kier alpha value is -1.02. The fourth-order valence-corrected chi connectivity index (χ4v) is 6.42. The van der Waals surface area contributed by atoms with Crippen LogP contribution in [0, 0.1) is 29.1 Å². The van der Waals surface area contributed by atoms with Crippen LogP contribution in [0.15, 0.2) is 18.2 Å². The lowest BCUT2D eigenvalue weighted by Gasteiger charge is -2.52. The molecule has 2 heteroatoms. The van der Waals surface area contributed by atoms with Gasteiger partial charge in [0.15, 0.2) is 0 Å². The molecule has 2 saturated carbocycles. The molecule has 4 rings (SSSR count). The van der Waals surface area contributed by atoms with Crippen LogP contribution >= 0.6 is 0 Å². The molecule has 0 bridgehead atoms. The summed E-state index contributed by atoms with van der Waals surface area (Å²) in [5, 5.41) is 10.8. The van der Waals surface area contributed by atoms with Crippen molar-refractivity contribution in [2.75, 3.05) is 7.11 Å². The smallest absolute Gasteiger partial charge is 0.119 e. The molecule has 0 heterocycles. The molecule has 3 aliphatic rings. The Kier molecular flexibility index (Phi) is 3.53. The van der Waals surface area contributed by atoms with Crippen LogP contribution in [0.5, 0.6) is 5.75 Å². The normalized spacial score (nSPS) is 45.1. The minimum absolute atomic E-state index is 0.113. The van der Waals surface area contributed by atoms with E-state index in [0.29, 0.717) is 23.7 Å². The topological polar surface area (TPSA) is 29.5 Å². The number of benzene rings is 1. The highest BCUT2D eigenvalue weighted by Crippen LogP contribution is 2.63. The maximum Gasteiger partial charge on any atom is 0.119 e. The fourth-order valence-electron chi connectivity index (χ4n) is 6.42. The van der Waals surface area contributed by atoms with Crippen LogP contribution < -0.4 is 4.74 Å². The van der Waals surface area contributed by atoms with Gasteiger partial charge in [-0.05, 0) is 83.9 Å². The Morgan fingerprint density at radius 1 is 1.22 bits per heavy atom. The summed E-state index contributed by atoms with van der Waals surface area (Å²) in [6.07, 6.45) is 4.64. The lowest BCUT2D eigenvalue weighted by atomic mass is 9.53. The van der Waals surface area contributed by atoms with Gasteiger partial charge in [0.05, 0.1) is 13.2 Å². The zero-order valence-corrected chi connectivity index (χ0v) is 14.9. The Balaban J connectivity index is 1.73. The molecule has 126 valence electrons. The van der Waals surface area contributed by atoms with Crippen LogP contribution in [-0.2, 0) is 6.42 Å². The molecule has 0 amide bonds. The minimum atomic E-state index is -0.113. The van der Waals surface area contributed by atoms with Gasteiger partial charge in [0.25, 0.3) is 0 Å². The van der Waals surface area contributed by atoms with Gasteiger partial charge in [-0.1, -0.05) is 26.8 Å². The number of aliphatic hydroxyl groups is 1. The van der Waals surface area contributed by atoms with Gasteiger partial charge in [-0.15, -0.1) is 0 Å². The molecule has 0 aliphatic heterocycles. The fraction of sp³-hybridized carbons (Fsp3) is 0.714. The predicted octanol–water partition coefficient (Wildman–Crippen LogP) is 4.40. The van der Waals surface area contributed by atoms with Gasteiger partial charge in [-0.3, -0.25) is 0 Å². The Morgan fingerprint density at radius 2 is 2.00 bits per heavy atom. The first kappa shape index (κ1) is 15.5. The average molecular weight is 314 g/mol. The summed E-state index contributed by atoms with van der Waals surface area (Å²) >= 11 is 0. The number of hydrogen-bond acceptors (Lipinski definition) is 2. The standard InChI is InChI=1S/C21H30O2/c1-12-9-14-11-15(23-4)5-6-16(14)17-7-8-21(3)18(19(12)17)10-13(2)20(21)22/h5-6,11-13,17-20,22H,7-10H2,1-4H3/t12-,13+,17-,18-,19-,20-,21+/m1/s1. The molecule has 0 spiro atoms. The summed E-state index contributed by atoms with van der Waals surface area (Å²) in [5.41, 5.74) is 3.19. The molecule has 3 aliphatic carbocycles.